The number of aromatic carboxylic acids is 1. The molecule has 2 aromatic rings. The summed E-state index contributed by atoms with van der Waals surface area (Å²) in [4.78, 5) is 18.2. The fraction of sp³-hybridized carbons (Fsp3) is 0.111. The molecule has 0 unspecified atom stereocenters. The number of nitrogens with zero attached hydrogens (tertiary/aromatic N) is 4. The molecule has 0 aromatic carbocycles. The van der Waals surface area contributed by atoms with Gasteiger partial charge in [-0.1, -0.05) is 11.6 Å². The van der Waals surface area contributed by atoms with Crippen LogP contribution in [0.15, 0.2) is 18.6 Å². The van der Waals surface area contributed by atoms with E-state index in [9.17, 15) is 4.79 Å². The third-order valence-electron chi connectivity index (χ3n) is 1.92. The van der Waals surface area contributed by atoms with Gasteiger partial charge < -0.3 is 11.3 Å². The molecule has 0 spiro atoms. The van der Waals surface area contributed by atoms with Crippen LogP contribution in [0.3, 0.4) is 0 Å². The zero-order valence-electron chi connectivity index (χ0n) is 10.7. The molecule has 2 heterocycles. The zero-order valence-corrected chi connectivity index (χ0v) is 12.4. The summed E-state index contributed by atoms with van der Waals surface area (Å²) in [7, 11) is 1.44. The summed E-state index contributed by atoms with van der Waals surface area (Å²) in [5.41, 5.74) is 0.417. The summed E-state index contributed by atoms with van der Waals surface area (Å²) in [5.74, 6) is -1.25. The van der Waals surface area contributed by atoms with E-state index in [0.717, 1.165) is 0 Å². The van der Waals surface area contributed by atoms with Gasteiger partial charge in [-0.25, -0.2) is 19.4 Å². The first-order valence-corrected chi connectivity index (χ1v) is 4.84. The molecule has 2 rings (SSSR count). The predicted octanol–water partition coefficient (Wildman–Crippen LogP) is -1.86. The summed E-state index contributed by atoms with van der Waals surface area (Å²) >= 11 is 5.80. The quantitative estimate of drug-likeness (QED) is 0.662. The number of hydrogen-bond donors (Lipinski definition) is 1. The van der Waals surface area contributed by atoms with Crippen molar-refractivity contribution in [3.63, 3.8) is 0 Å². The van der Waals surface area contributed by atoms with Crippen molar-refractivity contribution < 1.29 is 45.6 Å². The number of hydrogen-bond acceptors (Lipinski definition) is 5. The number of aromatic nitrogens is 4. The monoisotopic (exact) mass is 278 g/mol. The molecule has 0 fully saturated rings. The Kier molecular flexibility index (Phi) is 5.09. The molecule has 0 radical (unpaired) electrons. The summed E-state index contributed by atoms with van der Waals surface area (Å²) < 4.78 is 6.26. The second-order valence-electron chi connectivity index (χ2n) is 3.00. The minimum Gasteiger partial charge on any atom is -1.00 e. The van der Waals surface area contributed by atoms with Crippen LogP contribution >= 0.6 is 11.6 Å². The Balaban J connectivity index is 0.00000162. The Bertz CT molecular complexity index is 580. The van der Waals surface area contributed by atoms with Crippen molar-refractivity contribution in [2.24, 2.45) is 0 Å². The Hall–Kier alpha value is -1.15. The van der Waals surface area contributed by atoms with Crippen LogP contribution in [-0.4, -0.2) is 37.9 Å². The van der Waals surface area contributed by atoms with Gasteiger partial charge in [0.25, 0.3) is 5.82 Å². The number of carboxylic acids is 1. The molecule has 9 heteroatoms. The van der Waals surface area contributed by atoms with Gasteiger partial charge in [0.15, 0.2) is 0 Å². The maximum absolute atomic E-state index is 10.7. The van der Waals surface area contributed by atoms with E-state index in [4.69, 9.17) is 21.4 Å². The first-order valence-electron chi connectivity index (χ1n) is 4.46. The smallest absolute Gasteiger partial charge is 1.00 e. The van der Waals surface area contributed by atoms with Gasteiger partial charge >= 0.3 is 35.5 Å². The number of rotatable bonds is 3. The van der Waals surface area contributed by atoms with Crippen LogP contribution in [0.1, 0.15) is 12.0 Å². The molecular weight excluding hydrogens is 271 g/mol. The molecule has 0 atom stereocenters. The SMILES string of the molecule is COc1ncc(Cl)cc1-n1cnc(C(=O)O)n1.[H-].[Na+]. The van der Waals surface area contributed by atoms with Crippen LogP contribution < -0.4 is 34.3 Å². The molecule has 0 bridgehead atoms. The Morgan fingerprint density at radius 1 is 1.56 bits per heavy atom. The predicted molar refractivity (Wildman–Crippen MR) is 58.8 cm³/mol. The Morgan fingerprint density at radius 3 is 2.83 bits per heavy atom. The van der Waals surface area contributed by atoms with Crippen LogP contribution in [0, 0.1) is 0 Å². The van der Waals surface area contributed by atoms with Crippen LogP contribution in [0.25, 0.3) is 5.69 Å². The first kappa shape index (κ1) is 14.9. The molecule has 0 saturated heterocycles. The van der Waals surface area contributed by atoms with Gasteiger partial charge in [0, 0.05) is 6.20 Å². The maximum atomic E-state index is 10.7. The van der Waals surface area contributed by atoms with Gasteiger partial charge in [0.1, 0.15) is 12.0 Å². The second kappa shape index (κ2) is 6.14. The van der Waals surface area contributed by atoms with E-state index in [0.29, 0.717) is 10.7 Å². The van der Waals surface area contributed by atoms with E-state index in [2.05, 4.69) is 15.1 Å². The summed E-state index contributed by atoms with van der Waals surface area (Å²) in [6.07, 6.45) is 2.66. The van der Waals surface area contributed by atoms with E-state index in [-0.39, 0.29) is 42.7 Å². The fourth-order valence-corrected chi connectivity index (χ4v) is 1.37. The molecule has 1 N–H and O–H groups in total. The van der Waals surface area contributed by atoms with E-state index < -0.39 is 5.97 Å². The first-order chi connectivity index (χ1) is 8.11. The minimum absolute atomic E-state index is 0. The molecular formula is C9H8ClN4NaO3. The molecule has 0 saturated carbocycles. The zero-order chi connectivity index (χ0) is 12.4. The molecule has 90 valence electrons. The van der Waals surface area contributed by atoms with Crippen molar-refractivity contribution in [1.82, 2.24) is 19.7 Å². The third kappa shape index (κ3) is 2.99. The topological polar surface area (TPSA) is 90.1 Å². The van der Waals surface area contributed by atoms with Crippen LogP contribution in [-0.2, 0) is 0 Å². The molecule has 0 aliphatic heterocycles. The van der Waals surface area contributed by atoms with Gasteiger partial charge in [-0.05, 0) is 6.07 Å². The number of ether oxygens (including phenoxy) is 1. The second-order valence-corrected chi connectivity index (χ2v) is 3.44. The number of carboxylic acid groups (broad SMARTS) is 1. The number of pyridine rings is 1. The molecule has 0 aliphatic carbocycles. The van der Waals surface area contributed by atoms with Crippen molar-refractivity contribution in [2.75, 3.05) is 7.11 Å². The van der Waals surface area contributed by atoms with Crippen LogP contribution in [0.5, 0.6) is 5.88 Å². The van der Waals surface area contributed by atoms with Crippen LogP contribution in [0.2, 0.25) is 5.02 Å². The summed E-state index contributed by atoms with van der Waals surface area (Å²) in [6, 6.07) is 1.55. The van der Waals surface area contributed by atoms with E-state index in [1.54, 1.807) is 6.07 Å². The van der Waals surface area contributed by atoms with Gasteiger partial charge in [-0.2, -0.15) is 0 Å². The summed E-state index contributed by atoms with van der Waals surface area (Å²) in [5, 5.41) is 12.9. The van der Waals surface area contributed by atoms with E-state index >= 15 is 0 Å². The maximum Gasteiger partial charge on any atom is 1.00 e. The van der Waals surface area contributed by atoms with Gasteiger partial charge in [-0.3, -0.25) is 0 Å². The Labute approximate surface area is 131 Å². The van der Waals surface area contributed by atoms with Gasteiger partial charge in [-0.15, -0.1) is 5.10 Å². The number of methoxy groups -OCH3 is 1. The summed E-state index contributed by atoms with van der Waals surface area (Å²) in [6.45, 7) is 0. The Morgan fingerprint density at radius 2 is 2.28 bits per heavy atom. The minimum atomic E-state index is -1.21. The average molecular weight is 279 g/mol. The van der Waals surface area contributed by atoms with Crippen LogP contribution in [0.4, 0.5) is 0 Å². The van der Waals surface area contributed by atoms with Crippen molar-refractivity contribution in [3.05, 3.63) is 29.4 Å². The van der Waals surface area contributed by atoms with Gasteiger partial charge in [0.2, 0.25) is 5.88 Å². The van der Waals surface area contributed by atoms with E-state index in [1.165, 1.54) is 24.3 Å². The molecule has 0 amide bonds. The van der Waals surface area contributed by atoms with Gasteiger partial charge in [0.05, 0.1) is 12.1 Å². The number of carbonyl (C=O) groups is 1. The van der Waals surface area contributed by atoms with Crippen molar-refractivity contribution in [1.29, 1.82) is 0 Å². The van der Waals surface area contributed by atoms with Crippen molar-refractivity contribution in [3.8, 4) is 11.6 Å². The number of halogens is 1. The van der Waals surface area contributed by atoms with Crippen molar-refractivity contribution in [2.45, 2.75) is 0 Å². The van der Waals surface area contributed by atoms with E-state index in [1.807, 2.05) is 0 Å². The normalized spacial score (nSPS) is 9.67. The molecule has 2 aromatic heterocycles. The third-order valence-corrected chi connectivity index (χ3v) is 2.13. The fourth-order valence-electron chi connectivity index (χ4n) is 1.21. The molecule has 7 nitrogen and oxygen atoms in total. The largest absolute Gasteiger partial charge is 1.00 e. The average Bonchev–Trinajstić information content (AvgIpc) is 2.78. The molecule has 18 heavy (non-hydrogen) atoms. The molecule has 0 aliphatic rings. The standard InChI is InChI=1S/C9H7ClN4O3.Na.H/c1-17-8-6(2-5(10)3-11-8)14-4-12-7(13-14)9(15)16;;/h2-4H,1H3,(H,15,16);;/q;+1;-1. The van der Waals surface area contributed by atoms with Crippen molar-refractivity contribution >= 4 is 17.6 Å².